The Kier molecular flexibility index (Phi) is 25.3. The Hall–Kier alpha value is -4.05. The summed E-state index contributed by atoms with van der Waals surface area (Å²) in [6, 6.07) is 7.63. The topological polar surface area (TPSA) is 99.4 Å². The van der Waals surface area contributed by atoms with Crippen LogP contribution in [0, 0.1) is 18.8 Å². The van der Waals surface area contributed by atoms with Crippen LogP contribution in [0.2, 0.25) is 0 Å². The van der Waals surface area contributed by atoms with Crippen LogP contribution in [0.25, 0.3) is 0 Å². The van der Waals surface area contributed by atoms with Crippen molar-refractivity contribution in [2.75, 3.05) is 13.1 Å². The van der Waals surface area contributed by atoms with Crippen molar-refractivity contribution in [3.05, 3.63) is 123 Å². The number of aryl methyl sites for hydroxylation is 1. The number of nitrogens with two attached hydrogens (primary N) is 1. The number of primary amides is 1. The number of allylic oxidation sites excluding steroid dienone is 4. The standard InChI is InChI=1S/C25H34N2.C5H8N2O2.2C2H4/c1-5-7-8-12-20-26-21-23(4)27-25(13-6-2)15-11-9-10-14-24-18-16-22(3)17-19-24;6-5(9)4-3(8)1-2-7-4;2*1-2/h6,11,13,15-19,26-27H,2,4-5,7-9,12,20-21H2,1,3H3;1-4,7-8H,(H2,6,9);2*1-2H2/b15-11-,25-13+;;;. The third kappa shape index (κ3) is 20.0. The average molecular weight is 547 g/mol. The number of aliphatic hydroxyl groups excluding tert-OH is 1. The lowest BCUT2D eigenvalue weighted by Gasteiger charge is -2.11. The molecule has 6 nitrogen and oxygen atoms in total. The van der Waals surface area contributed by atoms with E-state index in [0.29, 0.717) is 6.42 Å². The Morgan fingerprint density at radius 2 is 1.82 bits per heavy atom. The second-order valence-electron chi connectivity index (χ2n) is 8.49. The monoisotopic (exact) mass is 546 g/mol. The van der Waals surface area contributed by atoms with Gasteiger partial charge in [0, 0.05) is 29.9 Å². The Morgan fingerprint density at radius 3 is 2.35 bits per heavy atom. The van der Waals surface area contributed by atoms with Crippen LogP contribution in [0.1, 0.15) is 50.2 Å². The van der Waals surface area contributed by atoms with E-state index in [9.17, 15) is 4.79 Å². The van der Waals surface area contributed by atoms with Crippen molar-refractivity contribution in [3.8, 4) is 11.8 Å². The first-order valence-corrected chi connectivity index (χ1v) is 13.5. The fraction of sp³-hybridized carbons (Fsp3) is 0.324. The molecule has 0 saturated carbocycles. The highest BCUT2D eigenvalue weighted by molar-refractivity contribution is 5.81. The Labute approximate surface area is 243 Å². The van der Waals surface area contributed by atoms with Gasteiger partial charge in [-0.1, -0.05) is 81.0 Å². The van der Waals surface area contributed by atoms with E-state index in [2.05, 4.69) is 111 Å². The van der Waals surface area contributed by atoms with Gasteiger partial charge >= 0.3 is 0 Å². The average Bonchev–Trinajstić information content (AvgIpc) is 3.40. The first-order chi connectivity index (χ1) is 19.4. The molecule has 2 rings (SSSR count). The highest BCUT2D eigenvalue weighted by Crippen LogP contribution is 2.03. The largest absolute Gasteiger partial charge is 0.386 e. The second kappa shape index (κ2) is 26.6. The molecule has 0 saturated heterocycles. The third-order valence-electron chi connectivity index (χ3n) is 5.18. The summed E-state index contributed by atoms with van der Waals surface area (Å²) in [5.41, 5.74) is 9.11. The summed E-state index contributed by atoms with van der Waals surface area (Å²) < 4.78 is 0. The van der Waals surface area contributed by atoms with Gasteiger partial charge in [-0.3, -0.25) is 4.79 Å². The van der Waals surface area contributed by atoms with Crippen LogP contribution in [0.3, 0.4) is 0 Å². The van der Waals surface area contributed by atoms with E-state index in [1.54, 1.807) is 6.08 Å². The van der Waals surface area contributed by atoms with Crippen molar-refractivity contribution in [2.45, 2.75) is 58.1 Å². The van der Waals surface area contributed by atoms with E-state index in [1.807, 2.05) is 12.2 Å². The molecule has 1 aliphatic heterocycles. The molecular formula is C34H50N4O2. The lowest BCUT2D eigenvalue weighted by Crippen LogP contribution is -2.42. The lowest BCUT2D eigenvalue weighted by molar-refractivity contribution is -0.121. The van der Waals surface area contributed by atoms with E-state index >= 15 is 0 Å². The van der Waals surface area contributed by atoms with Crippen molar-refractivity contribution in [2.24, 2.45) is 5.73 Å². The molecule has 0 bridgehead atoms. The summed E-state index contributed by atoms with van der Waals surface area (Å²) in [4.78, 5) is 10.4. The SMILES string of the molecule is C=C.C=C.C=C/C=C(\C=C/CC#Cc1ccc(C)cc1)NC(=C)CNCCCCCC.NC(=O)C1NC=CC1O. The van der Waals surface area contributed by atoms with E-state index in [0.717, 1.165) is 30.0 Å². The number of unbranched alkanes of at least 4 members (excludes halogenated alkanes) is 3. The van der Waals surface area contributed by atoms with Crippen LogP contribution in [0.5, 0.6) is 0 Å². The van der Waals surface area contributed by atoms with Gasteiger partial charge in [0.25, 0.3) is 0 Å². The molecule has 1 aromatic rings. The van der Waals surface area contributed by atoms with Gasteiger partial charge in [0.1, 0.15) is 12.1 Å². The molecule has 218 valence electrons. The Morgan fingerprint density at radius 1 is 1.15 bits per heavy atom. The molecule has 1 aromatic carbocycles. The summed E-state index contributed by atoms with van der Waals surface area (Å²) >= 11 is 0. The molecule has 0 fully saturated rings. The molecule has 0 spiro atoms. The highest BCUT2D eigenvalue weighted by atomic mass is 16.3. The number of hydrogen-bond acceptors (Lipinski definition) is 5. The van der Waals surface area contributed by atoms with E-state index < -0.39 is 18.1 Å². The van der Waals surface area contributed by atoms with Crippen molar-refractivity contribution < 1.29 is 9.90 Å². The zero-order chi connectivity index (χ0) is 30.6. The van der Waals surface area contributed by atoms with Gasteiger partial charge in [0.2, 0.25) is 5.91 Å². The summed E-state index contributed by atoms with van der Waals surface area (Å²) in [6.07, 6.45) is 15.8. The molecule has 0 aliphatic carbocycles. The fourth-order valence-corrected chi connectivity index (χ4v) is 3.18. The van der Waals surface area contributed by atoms with Crippen LogP contribution in [0.15, 0.2) is 112 Å². The first-order valence-electron chi connectivity index (χ1n) is 13.5. The highest BCUT2D eigenvalue weighted by Gasteiger charge is 2.24. The van der Waals surface area contributed by atoms with Crippen molar-refractivity contribution in [3.63, 3.8) is 0 Å². The maximum absolute atomic E-state index is 10.4. The second-order valence-corrected chi connectivity index (χ2v) is 8.49. The number of benzene rings is 1. The Balaban J connectivity index is 0. The minimum atomic E-state index is -0.762. The lowest BCUT2D eigenvalue weighted by atomic mass is 10.1. The summed E-state index contributed by atoms with van der Waals surface area (Å²) in [7, 11) is 0. The van der Waals surface area contributed by atoms with Crippen molar-refractivity contribution >= 4 is 5.91 Å². The maximum Gasteiger partial charge on any atom is 0.242 e. The zero-order valence-electron chi connectivity index (χ0n) is 24.6. The minimum absolute atomic E-state index is 0.535. The third-order valence-corrected chi connectivity index (χ3v) is 5.18. The molecule has 1 aliphatic rings. The van der Waals surface area contributed by atoms with Gasteiger partial charge in [0.15, 0.2) is 0 Å². The normalized spacial score (nSPS) is 14.9. The number of aliphatic hydroxyl groups is 1. The van der Waals surface area contributed by atoms with Crippen molar-refractivity contribution in [1.82, 2.24) is 16.0 Å². The van der Waals surface area contributed by atoms with Gasteiger partial charge in [-0.2, -0.15) is 0 Å². The van der Waals surface area contributed by atoms with E-state index in [-0.39, 0.29) is 0 Å². The molecule has 6 heteroatoms. The van der Waals surface area contributed by atoms with Gasteiger partial charge in [-0.05, 0) is 56.5 Å². The molecule has 0 radical (unpaired) electrons. The number of carbonyl (C=O) groups excluding carboxylic acids is 1. The molecule has 2 unspecified atom stereocenters. The predicted octanol–water partition coefficient (Wildman–Crippen LogP) is 5.56. The number of amides is 1. The van der Waals surface area contributed by atoms with Crippen LogP contribution in [-0.4, -0.2) is 36.2 Å². The summed E-state index contributed by atoms with van der Waals surface area (Å²) in [5, 5.41) is 18.3. The number of carbonyl (C=O) groups is 1. The van der Waals surface area contributed by atoms with Gasteiger partial charge in [-0.15, -0.1) is 26.3 Å². The number of rotatable bonds is 13. The molecule has 1 heterocycles. The van der Waals surface area contributed by atoms with Gasteiger partial charge in [0.05, 0.1) is 0 Å². The van der Waals surface area contributed by atoms with Crippen molar-refractivity contribution in [1.29, 1.82) is 0 Å². The molecule has 1 amide bonds. The van der Waals surface area contributed by atoms with Crippen LogP contribution in [-0.2, 0) is 4.79 Å². The van der Waals surface area contributed by atoms with Crippen LogP contribution >= 0.6 is 0 Å². The zero-order valence-corrected chi connectivity index (χ0v) is 24.6. The predicted molar refractivity (Wildman–Crippen MR) is 173 cm³/mol. The Bertz CT molecular complexity index is 995. The van der Waals surface area contributed by atoms with Crippen LogP contribution in [0.4, 0.5) is 0 Å². The van der Waals surface area contributed by atoms with E-state index in [4.69, 9.17) is 10.8 Å². The molecule has 40 heavy (non-hydrogen) atoms. The minimum Gasteiger partial charge on any atom is -0.386 e. The quantitative estimate of drug-likeness (QED) is 0.0966. The number of hydrogen-bond donors (Lipinski definition) is 5. The van der Waals surface area contributed by atoms with Crippen LogP contribution < -0.4 is 21.7 Å². The van der Waals surface area contributed by atoms with Gasteiger partial charge in [-0.25, -0.2) is 0 Å². The molecule has 6 N–H and O–H groups in total. The number of nitrogens with one attached hydrogen (secondary N) is 3. The fourth-order valence-electron chi connectivity index (χ4n) is 3.18. The summed E-state index contributed by atoms with van der Waals surface area (Å²) in [6.45, 7) is 26.0. The molecule has 0 aromatic heterocycles. The molecule has 2 atom stereocenters. The maximum atomic E-state index is 10.4. The molecular weight excluding hydrogens is 496 g/mol. The van der Waals surface area contributed by atoms with E-state index in [1.165, 1.54) is 43.5 Å². The smallest absolute Gasteiger partial charge is 0.242 e. The van der Waals surface area contributed by atoms with Gasteiger partial charge < -0.3 is 26.8 Å². The first kappa shape index (κ1) is 38.1. The summed E-state index contributed by atoms with van der Waals surface area (Å²) in [5.74, 6) is 5.82.